The molecule has 4 heteroatoms. The van der Waals surface area contributed by atoms with Gasteiger partial charge in [0.1, 0.15) is 0 Å². The third-order valence-corrected chi connectivity index (χ3v) is 6.09. The summed E-state index contributed by atoms with van der Waals surface area (Å²) in [7, 11) is 1.42. The molecule has 4 nitrogen and oxygen atoms in total. The SMILES string of the molecule is COC(=O)CCCCCNC(=O)C12CC3CC(CC(C3)C1)C2. The van der Waals surface area contributed by atoms with Gasteiger partial charge in [-0.05, 0) is 69.1 Å². The Kier molecular flexibility index (Phi) is 4.74. The summed E-state index contributed by atoms with van der Waals surface area (Å²) in [5.41, 5.74) is -0.0270. The van der Waals surface area contributed by atoms with Crippen LogP contribution in [0, 0.1) is 23.2 Å². The van der Waals surface area contributed by atoms with Gasteiger partial charge in [-0.2, -0.15) is 0 Å². The summed E-state index contributed by atoms with van der Waals surface area (Å²) in [5.74, 6) is 2.63. The lowest BCUT2D eigenvalue weighted by Crippen LogP contribution is -2.53. The molecule has 0 aromatic rings. The summed E-state index contributed by atoms with van der Waals surface area (Å²) in [6.45, 7) is 0.752. The van der Waals surface area contributed by atoms with Crippen LogP contribution in [-0.4, -0.2) is 25.5 Å². The van der Waals surface area contributed by atoms with Crippen LogP contribution in [0.5, 0.6) is 0 Å². The van der Waals surface area contributed by atoms with E-state index in [4.69, 9.17) is 0 Å². The number of hydrogen-bond donors (Lipinski definition) is 1. The van der Waals surface area contributed by atoms with Crippen molar-refractivity contribution < 1.29 is 14.3 Å². The first-order valence-electron chi connectivity index (χ1n) is 8.96. The van der Waals surface area contributed by atoms with Gasteiger partial charge in [0.05, 0.1) is 7.11 Å². The van der Waals surface area contributed by atoms with E-state index in [0.29, 0.717) is 12.3 Å². The van der Waals surface area contributed by atoms with Crippen molar-refractivity contribution >= 4 is 11.9 Å². The second-order valence-electron chi connectivity index (χ2n) is 7.84. The molecule has 0 aromatic heterocycles. The van der Waals surface area contributed by atoms with Crippen molar-refractivity contribution in [2.45, 2.75) is 64.2 Å². The maximum atomic E-state index is 12.7. The van der Waals surface area contributed by atoms with Crippen LogP contribution in [0.1, 0.15) is 64.2 Å². The molecule has 0 heterocycles. The zero-order valence-electron chi connectivity index (χ0n) is 13.7. The standard InChI is InChI=1S/C18H29NO3/c1-22-16(20)5-3-2-4-6-19-17(21)18-10-13-7-14(11-18)9-15(8-13)12-18/h13-15H,2-12H2,1H3,(H,19,21). The molecule has 0 spiro atoms. The lowest BCUT2D eigenvalue weighted by molar-refractivity contribution is -0.146. The van der Waals surface area contributed by atoms with Crippen LogP contribution >= 0.6 is 0 Å². The van der Waals surface area contributed by atoms with Gasteiger partial charge in [-0.1, -0.05) is 6.42 Å². The number of carbonyl (C=O) groups is 2. The molecule has 4 saturated carbocycles. The van der Waals surface area contributed by atoms with Crippen molar-refractivity contribution in [2.24, 2.45) is 23.2 Å². The molecular weight excluding hydrogens is 278 g/mol. The molecule has 1 N–H and O–H groups in total. The molecule has 4 bridgehead atoms. The number of nitrogens with one attached hydrogen (secondary N) is 1. The van der Waals surface area contributed by atoms with Crippen LogP contribution in [0.15, 0.2) is 0 Å². The van der Waals surface area contributed by atoms with Gasteiger partial charge < -0.3 is 10.1 Å². The smallest absolute Gasteiger partial charge is 0.305 e. The number of carbonyl (C=O) groups excluding carboxylic acids is 2. The zero-order chi connectivity index (χ0) is 15.6. The average molecular weight is 307 g/mol. The van der Waals surface area contributed by atoms with E-state index in [1.54, 1.807) is 0 Å². The molecule has 4 fully saturated rings. The van der Waals surface area contributed by atoms with E-state index in [1.165, 1.54) is 26.4 Å². The van der Waals surface area contributed by atoms with Crippen LogP contribution in [0.3, 0.4) is 0 Å². The van der Waals surface area contributed by atoms with Crippen molar-refractivity contribution in [1.82, 2.24) is 5.32 Å². The van der Waals surface area contributed by atoms with E-state index < -0.39 is 0 Å². The maximum absolute atomic E-state index is 12.7. The highest BCUT2D eigenvalue weighted by Crippen LogP contribution is 2.60. The molecule has 4 rings (SSSR count). The van der Waals surface area contributed by atoms with Gasteiger partial charge in [0, 0.05) is 18.4 Å². The maximum Gasteiger partial charge on any atom is 0.305 e. The molecule has 22 heavy (non-hydrogen) atoms. The van der Waals surface area contributed by atoms with E-state index in [1.807, 2.05) is 0 Å². The molecular formula is C18H29NO3. The van der Waals surface area contributed by atoms with Crippen LogP contribution in [-0.2, 0) is 14.3 Å². The molecule has 0 aromatic carbocycles. The van der Waals surface area contributed by atoms with Crippen LogP contribution in [0.25, 0.3) is 0 Å². The second kappa shape index (κ2) is 6.59. The number of amides is 1. The molecule has 0 atom stereocenters. The minimum absolute atomic E-state index is 0.0270. The van der Waals surface area contributed by atoms with Crippen LogP contribution < -0.4 is 5.32 Å². The molecule has 0 unspecified atom stereocenters. The lowest BCUT2D eigenvalue weighted by atomic mass is 9.49. The monoisotopic (exact) mass is 307 g/mol. The Hall–Kier alpha value is -1.06. The predicted octanol–water partition coefficient (Wildman–Crippen LogP) is 3.05. The average Bonchev–Trinajstić information content (AvgIpc) is 2.48. The summed E-state index contributed by atoms with van der Waals surface area (Å²) >= 11 is 0. The summed E-state index contributed by atoms with van der Waals surface area (Å²) in [6.07, 6.45) is 10.8. The highest BCUT2D eigenvalue weighted by atomic mass is 16.5. The van der Waals surface area contributed by atoms with Gasteiger partial charge in [0.25, 0.3) is 0 Å². The predicted molar refractivity (Wildman–Crippen MR) is 84.1 cm³/mol. The Bertz CT molecular complexity index is 397. The van der Waals surface area contributed by atoms with E-state index >= 15 is 0 Å². The Morgan fingerprint density at radius 2 is 1.59 bits per heavy atom. The lowest BCUT2D eigenvalue weighted by Gasteiger charge is -2.55. The number of esters is 1. The third kappa shape index (κ3) is 3.31. The minimum Gasteiger partial charge on any atom is -0.469 e. The van der Waals surface area contributed by atoms with Crippen LogP contribution in [0.4, 0.5) is 0 Å². The molecule has 4 aliphatic carbocycles. The highest BCUT2D eigenvalue weighted by molar-refractivity contribution is 5.83. The summed E-state index contributed by atoms with van der Waals surface area (Å²) in [5, 5.41) is 3.19. The van der Waals surface area contributed by atoms with Gasteiger partial charge >= 0.3 is 5.97 Å². The number of unbranched alkanes of at least 4 members (excludes halogenated alkanes) is 2. The fraction of sp³-hybridized carbons (Fsp3) is 0.889. The van der Waals surface area contributed by atoms with Crippen molar-refractivity contribution in [1.29, 1.82) is 0 Å². The number of hydrogen-bond acceptors (Lipinski definition) is 3. The van der Waals surface area contributed by atoms with Gasteiger partial charge in [-0.25, -0.2) is 0 Å². The molecule has 124 valence electrons. The first-order chi connectivity index (χ1) is 10.6. The normalized spacial score (nSPS) is 35.4. The Morgan fingerprint density at radius 3 is 2.14 bits per heavy atom. The van der Waals surface area contributed by atoms with Gasteiger partial charge in [0.2, 0.25) is 5.91 Å². The van der Waals surface area contributed by atoms with Crippen molar-refractivity contribution in [3.63, 3.8) is 0 Å². The number of ether oxygens (including phenoxy) is 1. The number of methoxy groups -OCH3 is 1. The summed E-state index contributed by atoms with van der Waals surface area (Å²) in [4.78, 5) is 23.7. The van der Waals surface area contributed by atoms with Crippen molar-refractivity contribution in [2.75, 3.05) is 13.7 Å². The second-order valence-corrected chi connectivity index (χ2v) is 7.84. The first kappa shape index (κ1) is 15.8. The fourth-order valence-electron chi connectivity index (χ4n) is 5.45. The first-order valence-corrected chi connectivity index (χ1v) is 8.96. The molecule has 0 radical (unpaired) electrons. The zero-order valence-corrected chi connectivity index (χ0v) is 13.7. The summed E-state index contributed by atoms with van der Waals surface area (Å²) in [6, 6.07) is 0. The van der Waals surface area contributed by atoms with E-state index in [-0.39, 0.29) is 11.4 Å². The van der Waals surface area contributed by atoms with Crippen LogP contribution in [0.2, 0.25) is 0 Å². The highest BCUT2D eigenvalue weighted by Gasteiger charge is 2.54. The van der Waals surface area contributed by atoms with Gasteiger partial charge in [0.15, 0.2) is 0 Å². The minimum atomic E-state index is -0.141. The van der Waals surface area contributed by atoms with Gasteiger partial charge in [-0.15, -0.1) is 0 Å². The van der Waals surface area contributed by atoms with Crippen molar-refractivity contribution in [3.8, 4) is 0 Å². The molecule has 0 saturated heterocycles. The Morgan fingerprint density at radius 1 is 1.00 bits per heavy atom. The van der Waals surface area contributed by atoms with Gasteiger partial charge in [-0.3, -0.25) is 9.59 Å². The van der Waals surface area contributed by atoms with E-state index in [0.717, 1.165) is 62.8 Å². The van der Waals surface area contributed by atoms with E-state index in [9.17, 15) is 9.59 Å². The Balaban J connectivity index is 1.38. The largest absolute Gasteiger partial charge is 0.469 e. The topological polar surface area (TPSA) is 55.4 Å². The van der Waals surface area contributed by atoms with Crippen molar-refractivity contribution in [3.05, 3.63) is 0 Å². The molecule has 4 aliphatic rings. The fourth-order valence-corrected chi connectivity index (χ4v) is 5.45. The molecule has 1 amide bonds. The quantitative estimate of drug-likeness (QED) is 0.581. The Labute approximate surface area is 133 Å². The molecule has 0 aliphatic heterocycles. The van der Waals surface area contributed by atoms with E-state index in [2.05, 4.69) is 10.1 Å². The third-order valence-electron chi connectivity index (χ3n) is 6.09. The number of rotatable bonds is 7. The summed E-state index contributed by atoms with van der Waals surface area (Å²) < 4.78 is 4.62.